The van der Waals surface area contributed by atoms with Gasteiger partial charge in [0.2, 0.25) is 5.91 Å². The molecule has 0 aliphatic carbocycles. The molecule has 1 aromatic rings. The summed E-state index contributed by atoms with van der Waals surface area (Å²) in [5.41, 5.74) is 0. The first kappa shape index (κ1) is 16.4. The molecule has 0 N–H and O–H groups in total. The molecule has 0 bridgehead atoms. The highest BCUT2D eigenvalue weighted by Crippen LogP contribution is 2.23. The van der Waals surface area contributed by atoms with Crippen molar-refractivity contribution in [3.63, 3.8) is 0 Å². The van der Waals surface area contributed by atoms with E-state index in [0.29, 0.717) is 39.0 Å². The lowest BCUT2D eigenvalue weighted by molar-refractivity contribution is -0.133. The maximum Gasteiger partial charge on any atom is 0.264 e. The van der Waals surface area contributed by atoms with E-state index in [1.165, 1.54) is 11.3 Å². The quantitative estimate of drug-likeness (QED) is 0.805. The van der Waals surface area contributed by atoms with Gasteiger partial charge in [-0.25, -0.2) is 8.42 Å². The average Bonchev–Trinajstić information content (AvgIpc) is 3.16. The predicted molar refractivity (Wildman–Crippen MR) is 88.2 cm³/mol. The molecule has 126 valence electrons. The van der Waals surface area contributed by atoms with Gasteiger partial charge < -0.3 is 9.80 Å². The summed E-state index contributed by atoms with van der Waals surface area (Å²) in [5.74, 6) is 0.325. The molecule has 2 aliphatic rings. The number of thiophene rings is 1. The highest BCUT2D eigenvalue weighted by molar-refractivity contribution is 7.91. The number of rotatable bonds is 3. The Morgan fingerprint density at radius 3 is 2.43 bits per heavy atom. The summed E-state index contributed by atoms with van der Waals surface area (Å²) in [5, 5.41) is 1.88. The number of nitrogens with zero attached hydrogens (tertiary/aromatic N) is 2. The molecule has 0 spiro atoms. The van der Waals surface area contributed by atoms with E-state index >= 15 is 0 Å². The molecular formula is C15H20N2O4S2. The van der Waals surface area contributed by atoms with Crippen LogP contribution in [0.25, 0.3) is 0 Å². The van der Waals surface area contributed by atoms with Crippen molar-refractivity contribution in [2.75, 3.05) is 37.7 Å². The van der Waals surface area contributed by atoms with Crippen molar-refractivity contribution in [2.45, 2.75) is 12.8 Å². The third-order valence-corrected chi connectivity index (χ3v) is 7.14. The van der Waals surface area contributed by atoms with Crippen molar-refractivity contribution in [3.05, 3.63) is 22.4 Å². The molecule has 3 rings (SSSR count). The van der Waals surface area contributed by atoms with Crippen LogP contribution >= 0.6 is 11.3 Å². The summed E-state index contributed by atoms with van der Waals surface area (Å²) >= 11 is 1.42. The molecule has 8 heteroatoms. The number of piperazine rings is 1. The smallest absolute Gasteiger partial charge is 0.264 e. The number of amides is 2. The molecule has 2 aliphatic heterocycles. The molecule has 0 aromatic carbocycles. The Hall–Kier alpha value is -1.41. The van der Waals surface area contributed by atoms with Gasteiger partial charge in [0.25, 0.3) is 5.91 Å². The van der Waals surface area contributed by atoms with Crippen LogP contribution in [0.2, 0.25) is 0 Å². The third-order valence-electron chi connectivity index (χ3n) is 4.44. The lowest BCUT2D eigenvalue weighted by atomic mass is 10.0. The fourth-order valence-corrected chi connectivity index (χ4v) is 5.68. The van der Waals surface area contributed by atoms with E-state index in [1.807, 2.05) is 17.5 Å². The molecule has 1 aromatic heterocycles. The van der Waals surface area contributed by atoms with Crippen LogP contribution in [0.3, 0.4) is 0 Å². The van der Waals surface area contributed by atoms with Gasteiger partial charge in [0, 0.05) is 32.6 Å². The molecule has 2 fully saturated rings. The van der Waals surface area contributed by atoms with E-state index in [-0.39, 0.29) is 29.2 Å². The third kappa shape index (κ3) is 3.92. The Bertz CT molecular complexity index is 676. The van der Waals surface area contributed by atoms with Gasteiger partial charge in [-0.2, -0.15) is 0 Å². The van der Waals surface area contributed by atoms with Crippen molar-refractivity contribution in [1.29, 1.82) is 0 Å². The van der Waals surface area contributed by atoms with Gasteiger partial charge in [0.1, 0.15) is 0 Å². The average molecular weight is 356 g/mol. The lowest BCUT2D eigenvalue weighted by Gasteiger charge is -2.35. The fourth-order valence-electron chi connectivity index (χ4n) is 3.12. The van der Waals surface area contributed by atoms with Crippen LogP contribution in [-0.2, 0) is 14.6 Å². The summed E-state index contributed by atoms with van der Waals surface area (Å²) in [6.07, 6.45) is 0.892. The summed E-state index contributed by atoms with van der Waals surface area (Å²) in [6, 6.07) is 3.67. The molecule has 0 saturated carbocycles. The van der Waals surface area contributed by atoms with Crippen LogP contribution in [0.4, 0.5) is 0 Å². The molecule has 23 heavy (non-hydrogen) atoms. The van der Waals surface area contributed by atoms with Crippen molar-refractivity contribution >= 4 is 33.0 Å². The fraction of sp³-hybridized carbons (Fsp3) is 0.600. The minimum atomic E-state index is -2.94. The maximum atomic E-state index is 12.3. The van der Waals surface area contributed by atoms with Gasteiger partial charge in [-0.15, -0.1) is 11.3 Å². The number of hydrogen-bond acceptors (Lipinski definition) is 5. The first-order valence-corrected chi connectivity index (χ1v) is 10.5. The van der Waals surface area contributed by atoms with E-state index in [4.69, 9.17) is 0 Å². The SMILES string of the molecule is O=C(CC1CCS(=O)(=O)C1)N1CCN(C(=O)c2cccs2)CC1. The maximum absolute atomic E-state index is 12.3. The topological polar surface area (TPSA) is 74.8 Å². The summed E-state index contributed by atoms with van der Waals surface area (Å²) < 4.78 is 22.9. The Labute approximate surface area is 140 Å². The number of hydrogen-bond donors (Lipinski definition) is 0. The molecule has 1 atom stereocenters. The Morgan fingerprint density at radius 1 is 1.17 bits per heavy atom. The van der Waals surface area contributed by atoms with Crippen molar-refractivity contribution in [3.8, 4) is 0 Å². The standard InChI is InChI=1S/C15H20N2O4S2/c18-14(10-12-3-9-23(20,21)11-12)16-4-6-17(7-5-16)15(19)13-2-1-8-22-13/h1-2,8,12H,3-7,9-11H2. The van der Waals surface area contributed by atoms with E-state index < -0.39 is 9.84 Å². The second kappa shape index (κ2) is 6.60. The van der Waals surface area contributed by atoms with Crippen LogP contribution in [0, 0.1) is 5.92 Å². The lowest BCUT2D eigenvalue weighted by Crippen LogP contribution is -2.50. The molecule has 2 saturated heterocycles. The van der Waals surface area contributed by atoms with E-state index in [1.54, 1.807) is 9.80 Å². The van der Waals surface area contributed by atoms with E-state index in [9.17, 15) is 18.0 Å². The van der Waals surface area contributed by atoms with Crippen LogP contribution in [0.1, 0.15) is 22.5 Å². The van der Waals surface area contributed by atoms with Crippen LogP contribution in [0.5, 0.6) is 0 Å². The first-order valence-electron chi connectivity index (χ1n) is 7.75. The van der Waals surface area contributed by atoms with E-state index in [2.05, 4.69) is 0 Å². The first-order chi connectivity index (χ1) is 10.9. The monoisotopic (exact) mass is 356 g/mol. The minimum absolute atomic E-state index is 0.00956. The molecule has 3 heterocycles. The second-order valence-corrected chi connectivity index (χ2v) is 9.30. The highest BCUT2D eigenvalue weighted by atomic mass is 32.2. The molecule has 0 radical (unpaired) electrons. The van der Waals surface area contributed by atoms with Gasteiger partial charge in [0.05, 0.1) is 16.4 Å². The molecule has 2 amide bonds. The molecular weight excluding hydrogens is 336 g/mol. The zero-order valence-electron chi connectivity index (χ0n) is 12.8. The van der Waals surface area contributed by atoms with Crippen molar-refractivity contribution in [2.24, 2.45) is 5.92 Å². The Balaban J connectivity index is 1.49. The van der Waals surface area contributed by atoms with Crippen LogP contribution in [-0.4, -0.2) is 67.7 Å². The van der Waals surface area contributed by atoms with Gasteiger partial charge in [-0.05, 0) is 23.8 Å². The van der Waals surface area contributed by atoms with Crippen molar-refractivity contribution in [1.82, 2.24) is 9.80 Å². The summed E-state index contributed by atoms with van der Waals surface area (Å²) in [7, 11) is -2.94. The number of sulfone groups is 1. The zero-order valence-corrected chi connectivity index (χ0v) is 14.4. The highest BCUT2D eigenvalue weighted by Gasteiger charge is 2.32. The van der Waals surface area contributed by atoms with Crippen molar-refractivity contribution < 1.29 is 18.0 Å². The van der Waals surface area contributed by atoms with E-state index in [0.717, 1.165) is 4.88 Å². The Kier molecular flexibility index (Phi) is 4.72. The second-order valence-electron chi connectivity index (χ2n) is 6.12. The summed E-state index contributed by atoms with van der Waals surface area (Å²) in [6.45, 7) is 2.11. The van der Waals surface area contributed by atoms with Gasteiger partial charge >= 0.3 is 0 Å². The number of carbonyl (C=O) groups excluding carboxylic acids is 2. The van der Waals surface area contributed by atoms with Crippen LogP contribution in [0.15, 0.2) is 17.5 Å². The van der Waals surface area contributed by atoms with Gasteiger partial charge in [-0.1, -0.05) is 6.07 Å². The van der Waals surface area contributed by atoms with Gasteiger partial charge in [0.15, 0.2) is 9.84 Å². The molecule has 1 unspecified atom stereocenters. The summed E-state index contributed by atoms with van der Waals surface area (Å²) in [4.78, 5) is 28.8. The molecule has 6 nitrogen and oxygen atoms in total. The Morgan fingerprint density at radius 2 is 1.87 bits per heavy atom. The van der Waals surface area contributed by atoms with Crippen LogP contribution < -0.4 is 0 Å². The minimum Gasteiger partial charge on any atom is -0.339 e. The predicted octanol–water partition coefficient (Wildman–Crippen LogP) is 0.857. The largest absolute Gasteiger partial charge is 0.339 e. The van der Waals surface area contributed by atoms with Gasteiger partial charge in [-0.3, -0.25) is 9.59 Å². The normalized spacial score (nSPS) is 23.9. The number of carbonyl (C=O) groups is 2. The zero-order chi connectivity index (χ0) is 16.4.